The largest absolute Gasteiger partial charge is 0.411 e. The first-order valence-corrected chi connectivity index (χ1v) is 10.2. The fraction of sp³-hybridized carbons (Fsp3) is 0.200. The maximum atomic E-state index is 12.3. The number of carbonyl (C=O) groups is 2. The number of benzene rings is 2. The number of aromatic nitrogens is 2. The van der Waals surface area contributed by atoms with Crippen molar-refractivity contribution in [2.45, 2.75) is 25.1 Å². The summed E-state index contributed by atoms with van der Waals surface area (Å²) in [6.07, 6.45) is 0. The standard InChI is InChI=1S/C20H19ClN4O3S/c1-12(15-4-3-5-17(10-15)23-13(2)26)22-18(27)11-29-20-25-24-19(28-20)14-6-8-16(21)9-7-14/h3-10,12H,11H2,1-2H3,(H,22,27)(H,23,26). The Morgan fingerprint density at radius 2 is 1.93 bits per heavy atom. The van der Waals surface area contributed by atoms with Gasteiger partial charge < -0.3 is 15.1 Å². The molecule has 3 rings (SSSR count). The van der Waals surface area contributed by atoms with Gasteiger partial charge >= 0.3 is 0 Å². The van der Waals surface area contributed by atoms with E-state index in [0.29, 0.717) is 21.8 Å². The predicted octanol–water partition coefficient (Wildman–Crippen LogP) is 4.32. The van der Waals surface area contributed by atoms with Gasteiger partial charge in [-0.25, -0.2) is 0 Å². The molecule has 2 N–H and O–H groups in total. The van der Waals surface area contributed by atoms with Gasteiger partial charge in [-0.3, -0.25) is 9.59 Å². The van der Waals surface area contributed by atoms with Crippen LogP contribution < -0.4 is 10.6 Å². The minimum atomic E-state index is -0.218. The number of carbonyl (C=O) groups excluding carboxylic acids is 2. The van der Waals surface area contributed by atoms with E-state index in [-0.39, 0.29) is 23.6 Å². The molecule has 0 saturated carbocycles. The van der Waals surface area contributed by atoms with Crippen molar-refractivity contribution in [3.63, 3.8) is 0 Å². The van der Waals surface area contributed by atoms with Crippen molar-refractivity contribution in [3.8, 4) is 11.5 Å². The molecule has 3 aromatic rings. The Bertz CT molecular complexity index is 1010. The molecule has 150 valence electrons. The van der Waals surface area contributed by atoms with Crippen molar-refractivity contribution in [3.05, 3.63) is 59.1 Å². The lowest BCUT2D eigenvalue weighted by Crippen LogP contribution is -2.28. The van der Waals surface area contributed by atoms with Gasteiger partial charge in [0.2, 0.25) is 17.7 Å². The smallest absolute Gasteiger partial charge is 0.277 e. The Morgan fingerprint density at radius 3 is 2.66 bits per heavy atom. The van der Waals surface area contributed by atoms with Gasteiger partial charge in [0.25, 0.3) is 5.22 Å². The molecule has 0 fully saturated rings. The van der Waals surface area contributed by atoms with Gasteiger partial charge in [0.1, 0.15) is 0 Å². The van der Waals surface area contributed by atoms with Crippen LogP contribution in [-0.2, 0) is 9.59 Å². The second kappa shape index (κ2) is 9.58. The van der Waals surface area contributed by atoms with Crippen LogP contribution in [0.5, 0.6) is 0 Å². The van der Waals surface area contributed by atoms with Crippen molar-refractivity contribution in [1.82, 2.24) is 15.5 Å². The summed E-state index contributed by atoms with van der Waals surface area (Å²) in [6, 6.07) is 14.2. The predicted molar refractivity (Wildman–Crippen MR) is 113 cm³/mol. The molecule has 1 aromatic heterocycles. The summed E-state index contributed by atoms with van der Waals surface area (Å²) in [7, 11) is 0. The molecule has 0 radical (unpaired) electrons. The van der Waals surface area contributed by atoms with Gasteiger partial charge in [-0.2, -0.15) is 0 Å². The fourth-order valence-electron chi connectivity index (χ4n) is 2.56. The normalized spacial score (nSPS) is 11.7. The summed E-state index contributed by atoms with van der Waals surface area (Å²) >= 11 is 7.03. The molecule has 0 aliphatic rings. The van der Waals surface area contributed by atoms with Crippen LogP contribution in [0.15, 0.2) is 58.2 Å². The third-order valence-electron chi connectivity index (χ3n) is 3.91. The summed E-state index contributed by atoms with van der Waals surface area (Å²) in [5, 5.41) is 14.5. The Labute approximate surface area is 177 Å². The third-order valence-corrected chi connectivity index (χ3v) is 4.98. The maximum Gasteiger partial charge on any atom is 0.277 e. The van der Waals surface area contributed by atoms with Crippen LogP contribution in [0.3, 0.4) is 0 Å². The highest BCUT2D eigenvalue weighted by molar-refractivity contribution is 7.99. The van der Waals surface area contributed by atoms with E-state index >= 15 is 0 Å². The summed E-state index contributed by atoms with van der Waals surface area (Å²) in [5.41, 5.74) is 2.33. The average Bonchev–Trinajstić information content (AvgIpc) is 3.15. The summed E-state index contributed by atoms with van der Waals surface area (Å²) in [4.78, 5) is 23.5. The first-order valence-electron chi connectivity index (χ1n) is 8.80. The number of thioether (sulfide) groups is 1. The molecule has 1 atom stereocenters. The fourth-order valence-corrected chi connectivity index (χ4v) is 3.26. The highest BCUT2D eigenvalue weighted by atomic mass is 35.5. The van der Waals surface area contributed by atoms with E-state index in [0.717, 1.165) is 22.9 Å². The Hall–Kier alpha value is -2.84. The molecule has 1 unspecified atom stereocenters. The van der Waals surface area contributed by atoms with E-state index in [9.17, 15) is 9.59 Å². The van der Waals surface area contributed by atoms with Gasteiger partial charge in [-0.15, -0.1) is 10.2 Å². The van der Waals surface area contributed by atoms with Gasteiger partial charge in [0.05, 0.1) is 11.8 Å². The molecule has 0 saturated heterocycles. The molecule has 9 heteroatoms. The zero-order valence-electron chi connectivity index (χ0n) is 15.8. The second-order valence-electron chi connectivity index (χ2n) is 6.26. The second-order valence-corrected chi connectivity index (χ2v) is 7.63. The number of amides is 2. The lowest BCUT2D eigenvalue weighted by molar-refractivity contribution is -0.119. The van der Waals surface area contributed by atoms with Crippen molar-refractivity contribution in [2.75, 3.05) is 11.1 Å². The van der Waals surface area contributed by atoms with Crippen LogP contribution in [-0.4, -0.2) is 27.8 Å². The Balaban J connectivity index is 1.53. The van der Waals surface area contributed by atoms with Gasteiger partial charge in [-0.1, -0.05) is 35.5 Å². The van der Waals surface area contributed by atoms with E-state index < -0.39 is 0 Å². The minimum Gasteiger partial charge on any atom is -0.411 e. The molecule has 2 amide bonds. The van der Waals surface area contributed by atoms with Crippen molar-refractivity contribution in [2.24, 2.45) is 0 Å². The number of rotatable bonds is 7. The minimum absolute atomic E-state index is 0.137. The van der Waals surface area contributed by atoms with Crippen LogP contribution in [0.1, 0.15) is 25.5 Å². The maximum absolute atomic E-state index is 12.3. The number of nitrogens with zero attached hydrogens (tertiary/aromatic N) is 2. The molecule has 0 aliphatic heterocycles. The van der Waals surface area contributed by atoms with E-state index in [1.165, 1.54) is 6.92 Å². The van der Waals surface area contributed by atoms with Gasteiger partial charge in [0.15, 0.2) is 0 Å². The third kappa shape index (κ3) is 6.07. The van der Waals surface area contributed by atoms with Gasteiger partial charge in [-0.05, 0) is 48.9 Å². The molecule has 29 heavy (non-hydrogen) atoms. The van der Waals surface area contributed by atoms with Crippen molar-refractivity contribution < 1.29 is 14.0 Å². The van der Waals surface area contributed by atoms with Crippen LogP contribution >= 0.6 is 23.4 Å². The van der Waals surface area contributed by atoms with Crippen LogP contribution in [0.25, 0.3) is 11.5 Å². The first kappa shape index (κ1) is 20.9. The van der Waals surface area contributed by atoms with E-state index in [1.807, 2.05) is 25.1 Å². The van der Waals surface area contributed by atoms with Crippen LogP contribution in [0.2, 0.25) is 5.02 Å². The van der Waals surface area contributed by atoms with E-state index in [1.54, 1.807) is 30.3 Å². The molecular weight excluding hydrogens is 412 g/mol. The molecular formula is C20H19ClN4O3S. The monoisotopic (exact) mass is 430 g/mol. The zero-order valence-corrected chi connectivity index (χ0v) is 17.4. The van der Waals surface area contributed by atoms with Crippen molar-refractivity contribution >= 4 is 40.9 Å². The molecule has 1 heterocycles. The lowest BCUT2D eigenvalue weighted by atomic mass is 10.1. The zero-order chi connectivity index (χ0) is 20.8. The number of hydrogen-bond acceptors (Lipinski definition) is 6. The average molecular weight is 431 g/mol. The highest BCUT2D eigenvalue weighted by Crippen LogP contribution is 2.24. The molecule has 0 spiro atoms. The molecule has 7 nitrogen and oxygen atoms in total. The quantitative estimate of drug-likeness (QED) is 0.542. The summed E-state index contributed by atoms with van der Waals surface area (Å²) < 4.78 is 5.58. The molecule has 0 aliphatic carbocycles. The topological polar surface area (TPSA) is 97.1 Å². The van der Waals surface area contributed by atoms with Crippen LogP contribution in [0, 0.1) is 0 Å². The number of halogens is 1. The summed E-state index contributed by atoms with van der Waals surface area (Å²) in [5.74, 6) is 0.192. The number of hydrogen-bond donors (Lipinski definition) is 2. The molecule has 2 aromatic carbocycles. The van der Waals surface area contributed by atoms with E-state index in [2.05, 4.69) is 20.8 Å². The van der Waals surface area contributed by atoms with Crippen LogP contribution in [0.4, 0.5) is 5.69 Å². The number of anilines is 1. The molecule has 0 bridgehead atoms. The highest BCUT2D eigenvalue weighted by Gasteiger charge is 2.14. The summed E-state index contributed by atoms with van der Waals surface area (Å²) in [6.45, 7) is 3.33. The Morgan fingerprint density at radius 1 is 1.17 bits per heavy atom. The lowest BCUT2D eigenvalue weighted by Gasteiger charge is -2.15. The van der Waals surface area contributed by atoms with Gasteiger partial charge in [0, 0.05) is 23.2 Å². The van der Waals surface area contributed by atoms with E-state index in [4.69, 9.17) is 16.0 Å². The van der Waals surface area contributed by atoms with Crippen molar-refractivity contribution in [1.29, 1.82) is 0 Å². The first-order chi connectivity index (χ1) is 13.9. The number of nitrogens with one attached hydrogen (secondary N) is 2. The SMILES string of the molecule is CC(=O)Nc1cccc(C(C)NC(=O)CSc2nnc(-c3ccc(Cl)cc3)o2)c1. The Kier molecular flexibility index (Phi) is 6.90.